The molecule has 34 heavy (non-hydrogen) atoms. The summed E-state index contributed by atoms with van der Waals surface area (Å²) in [6.45, 7) is 3.89. The van der Waals surface area contributed by atoms with Gasteiger partial charge >= 0.3 is 0 Å². The Bertz CT molecular complexity index is 1280. The lowest BCUT2D eigenvalue weighted by Crippen LogP contribution is -2.21. The second-order valence-corrected chi connectivity index (χ2v) is 8.54. The highest BCUT2D eigenvalue weighted by Gasteiger charge is 2.17. The molecule has 0 fully saturated rings. The first-order valence-electron chi connectivity index (χ1n) is 10.7. The second kappa shape index (κ2) is 10.8. The molecule has 7 nitrogen and oxygen atoms in total. The molecule has 0 aliphatic rings. The van der Waals surface area contributed by atoms with Crippen LogP contribution in [-0.4, -0.2) is 39.2 Å². The topological polar surface area (TPSA) is 81.4 Å². The molecule has 0 atom stereocenters. The van der Waals surface area contributed by atoms with Gasteiger partial charge in [0.05, 0.1) is 18.6 Å². The molecule has 0 saturated heterocycles. The summed E-state index contributed by atoms with van der Waals surface area (Å²) in [5.74, 6) is 1.42. The number of thioether (sulfide) groups is 1. The van der Waals surface area contributed by atoms with Crippen molar-refractivity contribution in [2.24, 2.45) is 5.10 Å². The highest BCUT2D eigenvalue weighted by atomic mass is 32.2. The van der Waals surface area contributed by atoms with Gasteiger partial charge in [-0.05, 0) is 55.8 Å². The molecule has 1 N–H and O–H groups in total. The van der Waals surface area contributed by atoms with E-state index in [-0.39, 0.29) is 11.7 Å². The van der Waals surface area contributed by atoms with Crippen LogP contribution in [0.15, 0.2) is 89.1 Å². The lowest BCUT2D eigenvalue weighted by atomic mass is 10.1. The molecule has 0 radical (unpaired) electrons. The fourth-order valence-electron chi connectivity index (χ4n) is 3.27. The number of nitrogens with zero attached hydrogens (tertiary/aromatic N) is 4. The van der Waals surface area contributed by atoms with E-state index in [1.54, 1.807) is 7.11 Å². The summed E-state index contributed by atoms with van der Waals surface area (Å²) in [5.41, 5.74) is 7.29. The van der Waals surface area contributed by atoms with Gasteiger partial charge in [-0.3, -0.25) is 9.36 Å². The number of rotatable bonds is 8. The van der Waals surface area contributed by atoms with Crippen molar-refractivity contribution >= 4 is 23.4 Å². The van der Waals surface area contributed by atoms with Crippen LogP contribution in [0.25, 0.3) is 17.1 Å². The molecule has 172 valence electrons. The third-order valence-electron chi connectivity index (χ3n) is 5.15. The van der Waals surface area contributed by atoms with Crippen molar-refractivity contribution in [3.63, 3.8) is 0 Å². The van der Waals surface area contributed by atoms with Crippen LogP contribution in [0.4, 0.5) is 0 Å². The molecule has 1 heterocycles. The largest absolute Gasteiger partial charge is 0.497 e. The van der Waals surface area contributed by atoms with Crippen molar-refractivity contribution in [2.45, 2.75) is 19.0 Å². The lowest BCUT2D eigenvalue weighted by molar-refractivity contribution is -0.118. The standard InChI is InChI=1S/C26H25N5O2S/c1-18-9-11-21(12-10-18)25-29-30-26(31(25)22-7-5-4-6-8-22)34-17-24(32)28-27-19(2)20-13-15-23(33-3)16-14-20/h4-16H,17H2,1-3H3,(H,28,32)/b27-19-. The molecule has 0 bridgehead atoms. The van der Waals surface area contributed by atoms with E-state index in [1.165, 1.54) is 17.3 Å². The van der Waals surface area contributed by atoms with Crippen LogP contribution in [0.5, 0.6) is 5.75 Å². The Morgan fingerprint density at radius 2 is 1.71 bits per heavy atom. The molecule has 1 amide bonds. The zero-order valence-electron chi connectivity index (χ0n) is 19.2. The van der Waals surface area contributed by atoms with Gasteiger partial charge in [-0.1, -0.05) is 59.8 Å². The van der Waals surface area contributed by atoms with Crippen molar-refractivity contribution in [3.05, 3.63) is 90.0 Å². The number of ether oxygens (including phenoxy) is 1. The van der Waals surface area contributed by atoms with E-state index in [4.69, 9.17) is 4.74 Å². The molecule has 3 aromatic carbocycles. The Labute approximate surface area is 202 Å². The number of aryl methyl sites for hydroxylation is 1. The van der Waals surface area contributed by atoms with Gasteiger partial charge in [0.1, 0.15) is 5.75 Å². The minimum Gasteiger partial charge on any atom is -0.497 e. The monoisotopic (exact) mass is 471 g/mol. The molecule has 0 spiro atoms. The van der Waals surface area contributed by atoms with Gasteiger partial charge in [-0.2, -0.15) is 5.10 Å². The summed E-state index contributed by atoms with van der Waals surface area (Å²) in [7, 11) is 1.62. The van der Waals surface area contributed by atoms with Crippen molar-refractivity contribution in [2.75, 3.05) is 12.9 Å². The van der Waals surface area contributed by atoms with E-state index in [1.807, 2.05) is 97.3 Å². The number of hydrogen-bond acceptors (Lipinski definition) is 6. The minimum absolute atomic E-state index is 0.151. The summed E-state index contributed by atoms with van der Waals surface area (Å²) in [4.78, 5) is 12.5. The first kappa shape index (κ1) is 23.3. The molecular formula is C26H25N5O2S. The molecule has 4 aromatic rings. The van der Waals surface area contributed by atoms with E-state index in [0.717, 1.165) is 28.4 Å². The van der Waals surface area contributed by atoms with Crippen LogP contribution in [0.3, 0.4) is 0 Å². The van der Waals surface area contributed by atoms with E-state index >= 15 is 0 Å². The maximum atomic E-state index is 12.5. The van der Waals surface area contributed by atoms with Gasteiger partial charge in [0.15, 0.2) is 11.0 Å². The number of para-hydroxylation sites is 1. The molecule has 0 aliphatic carbocycles. The van der Waals surface area contributed by atoms with E-state index < -0.39 is 0 Å². The molecule has 0 unspecified atom stereocenters. The highest BCUT2D eigenvalue weighted by Crippen LogP contribution is 2.28. The Hall–Kier alpha value is -3.91. The van der Waals surface area contributed by atoms with E-state index in [2.05, 4.69) is 20.7 Å². The summed E-state index contributed by atoms with van der Waals surface area (Å²) in [5, 5.41) is 13.6. The first-order chi connectivity index (χ1) is 16.5. The molecule has 0 aliphatic heterocycles. The molecule has 8 heteroatoms. The second-order valence-electron chi connectivity index (χ2n) is 7.59. The van der Waals surface area contributed by atoms with Crippen molar-refractivity contribution in [1.82, 2.24) is 20.2 Å². The molecule has 4 rings (SSSR count). The number of methoxy groups -OCH3 is 1. The lowest BCUT2D eigenvalue weighted by Gasteiger charge is -2.10. The Morgan fingerprint density at radius 1 is 1.00 bits per heavy atom. The van der Waals surface area contributed by atoms with E-state index in [0.29, 0.717) is 10.9 Å². The Morgan fingerprint density at radius 3 is 2.38 bits per heavy atom. The molecule has 0 saturated carbocycles. The van der Waals surface area contributed by atoms with Gasteiger partial charge in [0, 0.05) is 11.3 Å². The van der Waals surface area contributed by atoms with E-state index in [9.17, 15) is 4.79 Å². The number of carbonyl (C=O) groups excluding carboxylic acids is 1. The van der Waals surface area contributed by atoms with Crippen LogP contribution in [0.1, 0.15) is 18.1 Å². The Kier molecular flexibility index (Phi) is 7.39. The van der Waals surface area contributed by atoms with Gasteiger partial charge in [-0.25, -0.2) is 5.43 Å². The fraction of sp³-hybridized carbons (Fsp3) is 0.154. The number of aromatic nitrogens is 3. The third kappa shape index (κ3) is 5.52. The summed E-state index contributed by atoms with van der Waals surface area (Å²) >= 11 is 1.31. The number of nitrogens with one attached hydrogen (secondary N) is 1. The first-order valence-corrected chi connectivity index (χ1v) is 11.7. The molecule has 1 aromatic heterocycles. The van der Waals surface area contributed by atoms with Crippen molar-refractivity contribution < 1.29 is 9.53 Å². The van der Waals surface area contributed by atoms with Gasteiger partial charge in [-0.15, -0.1) is 10.2 Å². The Balaban J connectivity index is 1.49. The predicted molar refractivity (Wildman–Crippen MR) is 136 cm³/mol. The van der Waals surface area contributed by atoms with Crippen molar-refractivity contribution in [3.8, 4) is 22.8 Å². The SMILES string of the molecule is COc1ccc(/C(C)=N\NC(=O)CSc2nnc(-c3ccc(C)cc3)n2-c2ccccc2)cc1. The van der Waals surface area contributed by atoms with Crippen LogP contribution >= 0.6 is 11.8 Å². The zero-order valence-corrected chi connectivity index (χ0v) is 20.0. The normalized spacial score (nSPS) is 11.3. The zero-order chi connectivity index (χ0) is 23.9. The van der Waals surface area contributed by atoms with Gasteiger partial charge < -0.3 is 4.74 Å². The maximum Gasteiger partial charge on any atom is 0.250 e. The van der Waals surface area contributed by atoms with Crippen LogP contribution in [0, 0.1) is 6.92 Å². The summed E-state index contributed by atoms with van der Waals surface area (Å²) in [6.07, 6.45) is 0. The average Bonchev–Trinajstić information content (AvgIpc) is 3.31. The molecular weight excluding hydrogens is 446 g/mol. The van der Waals surface area contributed by atoms with Gasteiger partial charge in [0.25, 0.3) is 5.91 Å². The van der Waals surface area contributed by atoms with Crippen LogP contribution in [-0.2, 0) is 4.79 Å². The summed E-state index contributed by atoms with van der Waals surface area (Å²) < 4.78 is 7.14. The summed E-state index contributed by atoms with van der Waals surface area (Å²) in [6, 6.07) is 25.5. The van der Waals surface area contributed by atoms with Crippen LogP contribution in [0.2, 0.25) is 0 Å². The minimum atomic E-state index is -0.225. The number of amides is 1. The maximum absolute atomic E-state index is 12.5. The third-order valence-corrected chi connectivity index (χ3v) is 6.07. The van der Waals surface area contributed by atoms with Crippen molar-refractivity contribution in [1.29, 1.82) is 0 Å². The number of hydrogen-bond donors (Lipinski definition) is 1. The van der Waals surface area contributed by atoms with Gasteiger partial charge in [0.2, 0.25) is 0 Å². The average molecular weight is 472 g/mol. The number of carbonyl (C=O) groups is 1. The van der Waals surface area contributed by atoms with Crippen LogP contribution < -0.4 is 10.2 Å². The smallest absolute Gasteiger partial charge is 0.250 e. The fourth-order valence-corrected chi connectivity index (χ4v) is 4.01. The number of hydrazone groups is 1. The number of benzene rings is 3. The predicted octanol–water partition coefficient (Wildman–Crippen LogP) is 4.88. The highest BCUT2D eigenvalue weighted by molar-refractivity contribution is 7.99. The quantitative estimate of drug-likeness (QED) is 0.225.